The van der Waals surface area contributed by atoms with Crippen LogP contribution in [0.4, 0.5) is 11.4 Å². The van der Waals surface area contributed by atoms with E-state index in [-0.39, 0.29) is 28.1 Å². The lowest BCUT2D eigenvalue weighted by Gasteiger charge is -2.50. The second-order valence-electron chi connectivity index (χ2n) is 5.53. The molecule has 2 unspecified atom stereocenters. The van der Waals surface area contributed by atoms with Gasteiger partial charge in [0.1, 0.15) is 4.90 Å². The molecule has 0 aliphatic heterocycles. The Bertz CT molecular complexity index is 598. The first-order valence-electron chi connectivity index (χ1n) is 6.00. The van der Waals surface area contributed by atoms with Crippen molar-refractivity contribution in [1.29, 1.82) is 0 Å². The summed E-state index contributed by atoms with van der Waals surface area (Å²) in [5.41, 5.74) is 6.20. The molecule has 0 saturated heterocycles. The molecule has 19 heavy (non-hydrogen) atoms. The fourth-order valence-corrected chi connectivity index (χ4v) is 2.94. The quantitative estimate of drug-likeness (QED) is 0.603. The Hall–Kier alpha value is -1.31. The number of hydrogen-bond donors (Lipinski definition) is 4. The second-order valence-corrected chi connectivity index (χ2v) is 7.06. The van der Waals surface area contributed by atoms with Crippen LogP contribution in [-0.2, 0) is 10.0 Å². The average Bonchev–Trinajstić information content (AvgIpc) is 2.29. The van der Waals surface area contributed by atoms with Crippen molar-refractivity contribution in [3.8, 4) is 0 Å². The molecule has 1 saturated carbocycles. The molecule has 1 fully saturated rings. The smallest absolute Gasteiger partial charge is 0.240 e. The van der Waals surface area contributed by atoms with E-state index in [9.17, 15) is 13.5 Å². The molecule has 1 aliphatic carbocycles. The number of para-hydroxylation sites is 1. The van der Waals surface area contributed by atoms with Crippen LogP contribution in [0.15, 0.2) is 23.1 Å². The monoisotopic (exact) mass is 285 g/mol. The number of sulfonamides is 1. The van der Waals surface area contributed by atoms with Crippen LogP contribution in [0, 0.1) is 5.41 Å². The summed E-state index contributed by atoms with van der Waals surface area (Å²) in [4.78, 5) is -0.0878. The summed E-state index contributed by atoms with van der Waals surface area (Å²) in [5, 5.41) is 18.0. The number of aliphatic hydroxyl groups is 1. The summed E-state index contributed by atoms with van der Waals surface area (Å²) >= 11 is 0. The fourth-order valence-electron chi connectivity index (χ4n) is 2.25. The van der Waals surface area contributed by atoms with Gasteiger partial charge in [0, 0.05) is 11.5 Å². The molecule has 2 rings (SSSR count). The number of nitrogens with one attached hydrogen (secondary N) is 1. The molecule has 0 heterocycles. The van der Waals surface area contributed by atoms with Gasteiger partial charge in [0.15, 0.2) is 0 Å². The maximum Gasteiger partial charge on any atom is 0.240 e. The lowest BCUT2D eigenvalue weighted by molar-refractivity contribution is -0.0510. The highest BCUT2D eigenvalue weighted by molar-refractivity contribution is 7.89. The first kappa shape index (κ1) is 14.1. The Labute approximate surface area is 112 Å². The Balaban J connectivity index is 2.28. The predicted octanol–water partition coefficient (Wildman–Crippen LogP) is 0.488. The van der Waals surface area contributed by atoms with Gasteiger partial charge in [0.05, 0.1) is 17.5 Å². The van der Waals surface area contributed by atoms with Gasteiger partial charge >= 0.3 is 0 Å². The van der Waals surface area contributed by atoms with E-state index in [4.69, 9.17) is 10.9 Å². The zero-order valence-electron chi connectivity index (χ0n) is 10.9. The highest BCUT2D eigenvalue weighted by Gasteiger charge is 2.47. The molecular weight excluding hydrogens is 266 g/mol. The van der Waals surface area contributed by atoms with E-state index in [0.717, 1.165) is 0 Å². The summed E-state index contributed by atoms with van der Waals surface area (Å²) in [6.07, 6.45) is 0.235. The van der Waals surface area contributed by atoms with Crippen molar-refractivity contribution >= 4 is 21.4 Å². The molecule has 6 nitrogen and oxygen atoms in total. The second kappa shape index (κ2) is 4.36. The topological polar surface area (TPSA) is 118 Å². The molecule has 1 aromatic rings. The Morgan fingerprint density at radius 1 is 1.42 bits per heavy atom. The Morgan fingerprint density at radius 3 is 2.53 bits per heavy atom. The van der Waals surface area contributed by atoms with Crippen molar-refractivity contribution in [1.82, 2.24) is 0 Å². The standard InChI is InChI=1S/C12H19N3O3S/c1-12(2)9(6-10(12)16)15-7-4-3-5-8(11(7)13)19(14,17)18/h3-5,9-10,15-16H,6,13H2,1-2H3,(H2,14,17,18). The van der Waals surface area contributed by atoms with Crippen molar-refractivity contribution in [2.24, 2.45) is 10.6 Å². The van der Waals surface area contributed by atoms with E-state index < -0.39 is 10.0 Å². The lowest BCUT2D eigenvalue weighted by Crippen LogP contribution is -2.56. The minimum absolute atomic E-state index is 0.0422. The first-order chi connectivity index (χ1) is 8.64. The number of aliphatic hydroxyl groups excluding tert-OH is 1. The average molecular weight is 285 g/mol. The molecule has 0 spiro atoms. The molecule has 2 atom stereocenters. The summed E-state index contributed by atoms with van der Waals surface area (Å²) in [7, 11) is -3.83. The van der Waals surface area contributed by atoms with Gasteiger partial charge in [-0.3, -0.25) is 0 Å². The van der Waals surface area contributed by atoms with E-state index >= 15 is 0 Å². The number of hydrogen-bond acceptors (Lipinski definition) is 5. The summed E-state index contributed by atoms with van der Waals surface area (Å²) < 4.78 is 22.8. The number of nitrogens with two attached hydrogens (primary N) is 2. The zero-order chi connectivity index (χ0) is 14.4. The number of rotatable bonds is 3. The molecule has 6 N–H and O–H groups in total. The van der Waals surface area contributed by atoms with E-state index in [1.165, 1.54) is 6.07 Å². The molecule has 0 radical (unpaired) electrons. The fraction of sp³-hybridized carbons (Fsp3) is 0.500. The molecule has 7 heteroatoms. The van der Waals surface area contributed by atoms with Crippen molar-refractivity contribution in [3.63, 3.8) is 0 Å². The van der Waals surface area contributed by atoms with Crippen LogP contribution >= 0.6 is 0 Å². The summed E-state index contributed by atoms with van der Waals surface area (Å²) in [6.45, 7) is 3.89. The highest BCUT2D eigenvalue weighted by Crippen LogP contribution is 2.43. The van der Waals surface area contributed by atoms with Crippen LogP contribution in [0.5, 0.6) is 0 Å². The maximum atomic E-state index is 11.4. The number of nitrogen functional groups attached to an aromatic ring is 1. The zero-order valence-corrected chi connectivity index (χ0v) is 11.7. The third-order valence-corrected chi connectivity index (χ3v) is 4.89. The maximum absolute atomic E-state index is 11.4. The van der Waals surface area contributed by atoms with Gasteiger partial charge in [-0.2, -0.15) is 0 Å². The predicted molar refractivity (Wildman–Crippen MR) is 74.0 cm³/mol. The molecule has 1 aromatic carbocycles. The third kappa shape index (κ3) is 2.41. The van der Waals surface area contributed by atoms with Crippen LogP contribution < -0.4 is 16.2 Å². The van der Waals surface area contributed by atoms with Crippen LogP contribution in [0.25, 0.3) is 0 Å². The molecule has 0 bridgehead atoms. The highest BCUT2D eigenvalue weighted by atomic mass is 32.2. The largest absolute Gasteiger partial charge is 0.396 e. The molecule has 106 valence electrons. The van der Waals surface area contributed by atoms with Crippen LogP contribution in [-0.4, -0.2) is 25.7 Å². The van der Waals surface area contributed by atoms with Gasteiger partial charge in [0.2, 0.25) is 10.0 Å². The SMILES string of the molecule is CC1(C)C(O)CC1Nc1cccc(S(N)(=O)=O)c1N. The summed E-state index contributed by atoms with van der Waals surface area (Å²) in [6, 6.07) is 4.70. The van der Waals surface area contributed by atoms with E-state index in [0.29, 0.717) is 12.1 Å². The third-order valence-electron chi connectivity index (χ3n) is 3.92. The lowest BCUT2D eigenvalue weighted by atomic mass is 9.64. The van der Waals surface area contributed by atoms with E-state index in [2.05, 4.69) is 5.32 Å². The van der Waals surface area contributed by atoms with Gasteiger partial charge in [0.25, 0.3) is 0 Å². The van der Waals surface area contributed by atoms with Crippen LogP contribution in [0.2, 0.25) is 0 Å². The molecule has 0 amide bonds. The molecule has 0 aromatic heterocycles. The minimum Gasteiger partial charge on any atom is -0.396 e. The Morgan fingerprint density at radius 2 is 2.05 bits per heavy atom. The number of primary sulfonamides is 1. The first-order valence-corrected chi connectivity index (χ1v) is 7.54. The van der Waals surface area contributed by atoms with E-state index in [1.807, 2.05) is 13.8 Å². The normalized spacial score (nSPS) is 25.7. The van der Waals surface area contributed by atoms with Crippen LogP contribution in [0.1, 0.15) is 20.3 Å². The van der Waals surface area contributed by atoms with E-state index in [1.54, 1.807) is 12.1 Å². The van der Waals surface area contributed by atoms with Gasteiger partial charge in [-0.25, -0.2) is 13.6 Å². The molecule has 1 aliphatic rings. The number of anilines is 2. The Kier molecular flexibility index (Phi) is 3.24. The van der Waals surface area contributed by atoms with Crippen molar-refractivity contribution in [3.05, 3.63) is 18.2 Å². The van der Waals surface area contributed by atoms with Crippen molar-refractivity contribution in [2.45, 2.75) is 37.3 Å². The van der Waals surface area contributed by atoms with Gasteiger partial charge in [-0.05, 0) is 18.6 Å². The van der Waals surface area contributed by atoms with Crippen molar-refractivity contribution < 1.29 is 13.5 Å². The molecular formula is C12H19N3O3S. The summed E-state index contributed by atoms with van der Waals surface area (Å²) in [5.74, 6) is 0. The van der Waals surface area contributed by atoms with Gasteiger partial charge < -0.3 is 16.2 Å². The van der Waals surface area contributed by atoms with Gasteiger partial charge in [-0.1, -0.05) is 19.9 Å². The minimum atomic E-state index is -3.83. The number of benzene rings is 1. The van der Waals surface area contributed by atoms with Crippen LogP contribution in [0.3, 0.4) is 0 Å². The van der Waals surface area contributed by atoms with Crippen molar-refractivity contribution in [2.75, 3.05) is 11.1 Å². The van der Waals surface area contributed by atoms with Gasteiger partial charge in [-0.15, -0.1) is 0 Å².